The standard InChI is InChI=1S/C54H103N3O7/c1-7-11-15-19-23-27-33-49(34-28-24-20-16-12-8-2)47-53(60)63-43-31-40-57(52(59)38-37-51(58)55-39-45-62-46-42-56(5)6)41-32-44-64-54(61)48-50(35-29-25-21-17-13-9-3)36-30-26-22-18-14-10-4/h37-38,49-50H,7-36,39-48H2,1-6H3,(H,55,58). The molecule has 0 saturated carbocycles. The van der Waals surface area contributed by atoms with Crippen molar-refractivity contribution in [2.45, 2.75) is 233 Å². The highest BCUT2D eigenvalue weighted by atomic mass is 16.5. The van der Waals surface area contributed by atoms with E-state index in [-0.39, 0.29) is 37.0 Å². The molecule has 0 aromatic rings. The van der Waals surface area contributed by atoms with Gasteiger partial charge in [0.2, 0.25) is 11.8 Å². The van der Waals surface area contributed by atoms with Gasteiger partial charge in [0.05, 0.1) is 26.4 Å². The summed E-state index contributed by atoms with van der Waals surface area (Å²) in [6.45, 7) is 12.3. The van der Waals surface area contributed by atoms with Crippen LogP contribution in [-0.2, 0) is 33.4 Å². The van der Waals surface area contributed by atoms with Gasteiger partial charge in [-0.1, -0.05) is 182 Å². The van der Waals surface area contributed by atoms with E-state index < -0.39 is 0 Å². The highest BCUT2D eigenvalue weighted by Crippen LogP contribution is 2.24. The van der Waals surface area contributed by atoms with Crippen LogP contribution >= 0.6 is 0 Å². The second-order valence-electron chi connectivity index (χ2n) is 18.9. The average Bonchev–Trinajstić information content (AvgIpc) is 3.27. The maximum Gasteiger partial charge on any atom is 0.306 e. The number of esters is 2. The Balaban J connectivity index is 5.28. The van der Waals surface area contributed by atoms with E-state index in [4.69, 9.17) is 14.2 Å². The molecule has 376 valence electrons. The summed E-state index contributed by atoms with van der Waals surface area (Å²) in [4.78, 5) is 55.8. The first-order valence-corrected chi connectivity index (χ1v) is 26.9. The van der Waals surface area contributed by atoms with Gasteiger partial charge in [0.1, 0.15) is 0 Å². The van der Waals surface area contributed by atoms with Gasteiger partial charge in [-0.05, 0) is 64.5 Å². The SMILES string of the molecule is CCCCCCCCC(CCCCCCCC)CC(=O)OCCCN(CCCOC(=O)CC(CCCCCCCC)CCCCCCCC)C(=O)C=CC(=O)NCCOCCN(C)C. The van der Waals surface area contributed by atoms with Crippen LogP contribution in [0.15, 0.2) is 12.2 Å². The van der Waals surface area contributed by atoms with E-state index in [2.05, 4.69) is 33.0 Å². The second-order valence-corrected chi connectivity index (χ2v) is 18.9. The van der Waals surface area contributed by atoms with E-state index >= 15 is 0 Å². The quantitative estimate of drug-likeness (QED) is 0.0365. The van der Waals surface area contributed by atoms with Gasteiger partial charge in [0.15, 0.2) is 0 Å². The average molecular weight is 906 g/mol. The Labute approximate surface area is 394 Å². The molecule has 2 amide bonds. The number of nitrogens with zero attached hydrogens (tertiary/aromatic N) is 2. The third-order valence-electron chi connectivity index (χ3n) is 12.4. The van der Waals surface area contributed by atoms with Crippen LogP contribution in [0.3, 0.4) is 0 Å². The van der Waals surface area contributed by atoms with Gasteiger partial charge >= 0.3 is 11.9 Å². The summed E-state index contributed by atoms with van der Waals surface area (Å²) >= 11 is 0. The molecular formula is C54H103N3O7. The molecule has 0 unspecified atom stereocenters. The molecule has 0 aliphatic heterocycles. The first kappa shape index (κ1) is 61.5. The Hall–Kier alpha value is -2.46. The summed E-state index contributed by atoms with van der Waals surface area (Å²) in [5.74, 6) is -0.257. The number of carbonyl (C=O) groups is 4. The smallest absolute Gasteiger partial charge is 0.306 e. The minimum atomic E-state index is -0.361. The first-order chi connectivity index (χ1) is 31.2. The van der Waals surface area contributed by atoms with Crippen molar-refractivity contribution < 1.29 is 33.4 Å². The summed E-state index contributed by atoms with van der Waals surface area (Å²) in [5.41, 5.74) is 0. The van der Waals surface area contributed by atoms with Crippen molar-refractivity contribution in [2.75, 3.05) is 66.7 Å². The van der Waals surface area contributed by atoms with E-state index in [1.165, 1.54) is 166 Å². The van der Waals surface area contributed by atoms with Crippen LogP contribution in [-0.4, -0.2) is 100 Å². The molecule has 0 rings (SSSR count). The summed E-state index contributed by atoms with van der Waals surface area (Å²) in [6.07, 6.45) is 38.7. The second kappa shape index (κ2) is 47.0. The van der Waals surface area contributed by atoms with Crippen LogP contribution in [0.2, 0.25) is 0 Å². The number of hydrogen-bond acceptors (Lipinski definition) is 8. The molecule has 0 heterocycles. The molecule has 10 heteroatoms. The van der Waals surface area contributed by atoms with Crippen LogP contribution in [0.5, 0.6) is 0 Å². The van der Waals surface area contributed by atoms with E-state index in [9.17, 15) is 19.2 Å². The number of nitrogens with one attached hydrogen (secondary N) is 1. The maximum absolute atomic E-state index is 13.4. The van der Waals surface area contributed by atoms with E-state index in [0.717, 1.165) is 32.2 Å². The Morgan fingerprint density at radius 2 is 0.828 bits per heavy atom. The lowest BCUT2D eigenvalue weighted by atomic mass is 9.91. The highest BCUT2D eigenvalue weighted by Gasteiger charge is 2.18. The fourth-order valence-electron chi connectivity index (χ4n) is 8.26. The lowest BCUT2D eigenvalue weighted by molar-refractivity contribution is -0.145. The van der Waals surface area contributed by atoms with Gasteiger partial charge in [-0.3, -0.25) is 19.2 Å². The van der Waals surface area contributed by atoms with Gasteiger partial charge in [-0.15, -0.1) is 0 Å². The number of unbranched alkanes of at least 4 members (excludes halogenated alkanes) is 20. The minimum Gasteiger partial charge on any atom is -0.466 e. The topological polar surface area (TPSA) is 114 Å². The van der Waals surface area contributed by atoms with Gasteiger partial charge in [0, 0.05) is 51.2 Å². The zero-order valence-corrected chi connectivity index (χ0v) is 42.8. The minimum absolute atomic E-state index is 0.152. The molecule has 0 atom stereocenters. The van der Waals surface area contributed by atoms with Crippen molar-refractivity contribution in [1.82, 2.24) is 15.1 Å². The van der Waals surface area contributed by atoms with Crippen LogP contribution in [0.4, 0.5) is 0 Å². The highest BCUT2D eigenvalue weighted by molar-refractivity contribution is 5.96. The fourth-order valence-corrected chi connectivity index (χ4v) is 8.26. The van der Waals surface area contributed by atoms with Crippen LogP contribution in [0, 0.1) is 11.8 Å². The monoisotopic (exact) mass is 906 g/mol. The van der Waals surface area contributed by atoms with E-state index in [1.54, 1.807) is 4.90 Å². The van der Waals surface area contributed by atoms with Gasteiger partial charge in [-0.25, -0.2) is 0 Å². The summed E-state index contributed by atoms with van der Waals surface area (Å²) in [7, 11) is 3.96. The molecule has 0 aromatic heterocycles. The normalized spacial score (nSPS) is 11.6. The number of hydrogen-bond donors (Lipinski definition) is 1. The fraction of sp³-hybridized carbons (Fsp3) is 0.889. The molecule has 0 fully saturated rings. The van der Waals surface area contributed by atoms with Crippen molar-refractivity contribution in [1.29, 1.82) is 0 Å². The Morgan fingerprint density at radius 3 is 1.20 bits per heavy atom. The summed E-state index contributed by atoms with van der Waals surface area (Å²) in [6, 6.07) is 0. The van der Waals surface area contributed by atoms with Crippen molar-refractivity contribution in [2.24, 2.45) is 11.8 Å². The van der Waals surface area contributed by atoms with E-state index in [0.29, 0.717) is 70.4 Å². The molecule has 0 bridgehead atoms. The molecule has 0 aliphatic carbocycles. The van der Waals surface area contributed by atoms with Gasteiger partial charge in [0.25, 0.3) is 0 Å². The number of amides is 2. The largest absolute Gasteiger partial charge is 0.466 e. The van der Waals surface area contributed by atoms with Crippen molar-refractivity contribution in [3.63, 3.8) is 0 Å². The summed E-state index contributed by atoms with van der Waals surface area (Å²) < 4.78 is 17.1. The third-order valence-corrected chi connectivity index (χ3v) is 12.4. The molecule has 1 N–H and O–H groups in total. The Morgan fingerprint density at radius 1 is 0.453 bits per heavy atom. The maximum atomic E-state index is 13.4. The zero-order valence-electron chi connectivity index (χ0n) is 42.8. The van der Waals surface area contributed by atoms with Crippen molar-refractivity contribution in [3.05, 3.63) is 12.2 Å². The Kier molecular flexibility index (Phi) is 45.2. The predicted octanol–water partition coefficient (Wildman–Crippen LogP) is 12.9. The molecule has 0 radical (unpaired) electrons. The predicted molar refractivity (Wildman–Crippen MR) is 267 cm³/mol. The number of rotatable bonds is 48. The molecule has 64 heavy (non-hydrogen) atoms. The zero-order chi connectivity index (χ0) is 47.1. The molecule has 0 saturated heterocycles. The van der Waals surface area contributed by atoms with E-state index in [1.807, 2.05) is 19.0 Å². The van der Waals surface area contributed by atoms with Crippen LogP contribution in [0.25, 0.3) is 0 Å². The summed E-state index contributed by atoms with van der Waals surface area (Å²) in [5, 5.41) is 2.77. The Bertz CT molecular complexity index is 1030. The third kappa shape index (κ3) is 42.2. The van der Waals surface area contributed by atoms with Crippen molar-refractivity contribution in [3.8, 4) is 0 Å². The molecule has 0 aromatic carbocycles. The lowest BCUT2D eigenvalue weighted by Crippen LogP contribution is -2.33. The molecule has 0 spiro atoms. The van der Waals surface area contributed by atoms with Crippen LogP contribution < -0.4 is 5.32 Å². The first-order valence-electron chi connectivity index (χ1n) is 26.9. The lowest BCUT2D eigenvalue weighted by Gasteiger charge is -2.22. The molecule has 10 nitrogen and oxygen atoms in total. The number of ether oxygens (including phenoxy) is 3. The number of carbonyl (C=O) groups excluding carboxylic acids is 4. The molecular weight excluding hydrogens is 803 g/mol. The van der Waals surface area contributed by atoms with Gasteiger partial charge < -0.3 is 29.3 Å². The van der Waals surface area contributed by atoms with Crippen LogP contribution in [0.1, 0.15) is 233 Å². The molecule has 0 aliphatic rings. The van der Waals surface area contributed by atoms with Crippen molar-refractivity contribution >= 4 is 23.8 Å². The number of likely N-dealkylation sites (N-methyl/N-ethyl adjacent to an activating group) is 1. The van der Waals surface area contributed by atoms with Gasteiger partial charge in [-0.2, -0.15) is 0 Å².